The van der Waals surface area contributed by atoms with E-state index < -0.39 is 0 Å². The molecule has 2 atom stereocenters. The van der Waals surface area contributed by atoms with Gasteiger partial charge in [-0.3, -0.25) is 0 Å². The molecule has 1 aromatic heterocycles. The molecule has 2 heterocycles. The fraction of sp³-hybridized carbons (Fsp3) is 0.262. The number of halogens is 2. The van der Waals surface area contributed by atoms with Crippen LogP contribution in [0.15, 0.2) is 120 Å². The topological polar surface area (TPSA) is 71.7 Å². The van der Waals surface area contributed by atoms with Crippen LogP contribution in [0, 0.1) is 18.3 Å². The zero-order valence-electron chi connectivity index (χ0n) is 30.5. The number of piperazine rings is 1. The number of hydroxylamine groups is 1. The Hall–Kier alpha value is -4.57. The smallest absolute Gasteiger partial charge is 0.142 e. The van der Waals surface area contributed by atoms with Crippen LogP contribution in [0.2, 0.25) is 5.02 Å². The van der Waals surface area contributed by atoms with Gasteiger partial charge in [0.2, 0.25) is 0 Å². The van der Waals surface area contributed by atoms with Gasteiger partial charge >= 0.3 is 0 Å². The highest BCUT2D eigenvalue weighted by Gasteiger charge is 2.27. The lowest BCUT2D eigenvalue weighted by molar-refractivity contribution is -0.236. The van der Waals surface area contributed by atoms with E-state index in [0.717, 1.165) is 83.4 Å². The Kier molecular flexibility index (Phi) is 12.1. The largest absolute Gasteiger partial charge is 0.379 e. The lowest BCUT2D eigenvalue weighted by Crippen LogP contribution is -2.46. The SMILES string of the molecule is Cc1c(C#N)c(-c2cccc(N3CCN(c4ccc(NSC5C=C(ON(C)F)C(NSc6ccccc6)CC5)cc4)CC3)c2)c(-c2ccc(Cl)cc2)n1C. The standard InChI is InChI=1S/C42H43ClFN7OS2/c1-29-38(28-45)41(42(48(29)2)30-12-14-32(43)15-13-30)31-8-7-9-35(26-31)51-24-22-50(23-25-51)34-18-16-33(17-19-34)46-54-37-20-21-39(40(27-37)52-49(3)44)47-53-36-10-5-4-6-11-36/h4-19,26-27,37,39,46-47H,20-25H2,1-3H3. The highest BCUT2D eigenvalue weighted by atomic mass is 35.5. The number of benzene rings is 4. The van der Waals surface area contributed by atoms with Gasteiger partial charge in [0.1, 0.15) is 11.8 Å². The lowest BCUT2D eigenvalue weighted by Gasteiger charge is -2.37. The third-order valence-electron chi connectivity index (χ3n) is 9.98. The Morgan fingerprint density at radius 1 is 0.870 bits per heavy atom. The molecule has 0 saturated carbocycles. The van der Waals surface area contributed by atoms with E-state index in [4.69, 9.17) is 16.4 Å². The van der Waals surface area contributed by atoms with Gasteiger partial charge in [-0.2, -0.15) is 5.26 Å². The summed E-state index contributed by atoms with van der Waals surface area (Å²) in [6.07, 6.45) is 3.75. The Labute approximate surface area is 330 Å². The molecular formula is C42H43ClFN7OS2. The molecule has 0 bridgehead atoms. The first-order valence-electron chi connectivity index (χ1n) is 18.0. The van der Waals surface area contributed by atoms with Crippen LogP contribution in [0.5, 0.6) is 0 Å². The summed E-state index contributed by atoms with van der Waals surface area (Å²) in [5.41, 5.74) is 9.00. The molecule has 278 valence electrons. The van der Waals surface area contributed by atoms with Crippen molar-refractivity contribution in [3.63, 3.8) is 0 Å². The summed E-state index contributed by atoms with van der Waals surface area (Å²) in [5.74, 6) is 0.583. The zero-order chi connectivity index (χ0) is 37.6. The van der Waals surface area contributed by atoms with Crippen LogP contribution in [0.1, 0.15) is 24.1 Å². The minimum atomic E-state index is -0.0912. The summed E-state index contributed by atoms with van der Waals surface area (Å²) in [4.78, 5) is 11.4. The van der Waals surface area contributed by atoms with E-state index in [0.29, 0.717) is 16.3 Å². The first-order chi connectivity index (χ1) is 26.3. The minimum absolute atomic E-state index is 0.0912. The van der Waals surface area contributed by atoms with Gasteiger partial charge in [-0.1, -0.05) is 58.5 Å². The van der Waals surface area contributed by atoms with Crippen molar-refractivity contribution in [2.75, 3.05) is 47.7 Å². The van der Waals surface area contributed by atoms with Gasteiger partial charge in [-0.15, -0.1) is 0 Å². The van der Waals surface area contributed by atoms with Crippen LogP contribution in [0.4, 0.5) is 21.5 Å². The van der Waals surface area contributed by atoms with Crippen LogP contribution >= 0.6 is 35.5 Å². The summed E-state index contributed by atoms with van der Waals surface area (Å²) in [6, 6.07) is 37.4. The quantitative estimate of drug-likeness (QED) is 0.0732. The average molecular weight is 780 g/mol. The maximum absolute atomic E-state index is 13.8. The van der Waals surface area contributed by atoms with Gasteiger partial charge in [-0.05, 0) is 122 Å². The third-order valence-corrected chi connectivity index (χ3v) is 12.2. The fourth-order valence-electron chi connectivity index (χ4n) is 7.06. The Morgan fingerprint density at radius 2 is 1.57 bits per heavy atom. The molecule has 0 spiro atoms. The van der Waals surface area contributed by atoms with E-state index >= 15 is 0 Å². The molecule has 2 unspecified atom stereocenters. The number of aromatic nitrogens is 1. The summed E-state index contributed by atoms with van der Waals surface area (Å²) in [7, 11) is 3.27. The van der Waals surface area contributed by atoms with Gasteiger partial charge in [0, 0.05) is 82.0 Å². The van der Waals surface area contributed by atoms with E-state index in [2.05, 4.69) is 78.4 Å². The van der Waals surface area contributed by atoms with Gasteiger partial charge in [0.25, 0.3) is 0 Å². The Bertz CT molecular complexity index is 2110. The van der Waals surface area contributed by atoms with Gasteiger partial charge in [-0.25, -0.2) is 4.72 Å². The van der Waals surface area contributed by atoms with Crippen LogP contribution in [0.3, 0.4) is 0 Å². The van der Waals surface area contributed by atoms with Crippen molar-refractivity contribution in [3.8, 4) is 28.5 Å². The number of hydrogen-bond acceptors (Lipinski definition) is 9. The normalized spacial score (nSPS) is 17.3. The number of rotatable bonds is 12. The zero-order valence-corrected chi connectivity index (χ0v) is 32.9. The Morgan fingerprint density at radius 3 is 2.26 bits per heavy atom. The van der Waals surface area contributed by atoms with Crippen LogP contribution in [-0.4, -0.2) is 54.4 Å². The number of anilines is 3. The molecule has 12 heteroatoms. The van der Waals surface area contributed by atoms with Crippen molar-refractivity contribution in [2.24, 2.45) is 7.05 Å². The molecule has 5 aromatic rings. The fourth-order valence-corrected chi connectivity index (χ4v) is 8.88. The third kappa shape index (κ3) is 8.70. The second kappa shape index (κ2) is 17.3. The first kappa shape index (κ1) is 37.7. The van der Waals surface area contributed by atoms with E-state index in [1.54, 1.807) is 11.9 Å². The average Bonchev–Trinajstić information content (AvgIpc) is 3.46. The van der Waals surface area contributed by atoms with E-state index in [1.807, 2.05) is 74.6 Å². The van der Waals surface area contributed by atoms with Gasteiger partial charge in [0.15, 0.2) is 0 Å². The summed E-state index contributed by atoms with van der Waals surface area (Å²) in [5, 5.41) is 11.3. The number of nitrogens with zero attached hydrogens (tertiary/aromatic N) is 5. The van der Waals surface area contributed by atoms with Crippen molar-refractivity contribution < 1.29 is 9.32 Å². The summed E-state index contributed by atoms with van der Waals surface area (Å²) in [6.45, 7) is 5.56. The van der Waals surface area contributed by atoms with E-state index in [1.165, 1.54) is 24.7 Å². The summed E-state index contributed by atoms with van der Waals surface area (Å²) < 4.78 is 22.8. The van der Waals surface area contributed by atoms with Crippen molar-refractivity contribution in [2.45, 2.75) is 36.0 Å². The number of nitriles is 1. The van der Waals surface area contributed by atoms with Crippen molar-refractivity contribution in [1.29, 1.82) is 5.26 Å². The molecule has 7 rings (SSSR count). The highest BCUT2D eigenvalue weighted by Crippen LogP contribution is 2.40. The second-order valence-corrected chi connectivity index (χ2v) is 15.8. The molecule has 0 amide bonds. The number of nitrogens with one attached hydrogen (secondary N) is 2. The van der Waals surface area contributed by atoms with Crippen LogP contribution in [-0.2, 0) is 11.9 Å². The molecule has 1 aliphatic carbocycles. The lowest BCUT2D eigenvalue weighted by atomic mass is 9.97. The summed E-state index contributed by atoms with van der Waals surface area (Å²) >= 11 is 9.36. The highest BCUT2D eigenvalue weighted by molar-refractivity contribution is 8.01. The molecular weight excluding hydrogens is 737 g/mol. The first-order valence-corrected chi connectivity index (χ1v) is 20.1. The molecule has 54 heavy (non-hydrogen) atoms. The molecule has 1 fully saturated rings. The second-order valence-electron chi connectivity index (χ2n) is 13.4. The van der Waals surface area contributed by atoms with Crippen molar-refractivity contribution in [3.05, 3.63) is 131 Å². The minimum Gasteiger partial charge on any atom is -0.379 e. The van der Waals surface area contributed by atoms with Crippen molar-refractivity contribution >= 4 is 52.6 Å². The predicted molar refractivity (Wildman–Crippen MR) is 223 cm³/mol. The monoisotopic (exact) mass is 779 g/mol. The molecule has 1 aliphatic heterocycles. The van der Waals surface area contributed by atoms with E-state index in [-0.39, 0.29) is 16.6 Å². The molecule has 2 N–H and O–H groups in total. The Balaban J connectivity index is 0.961. The maximum Gasteiger partial charge on any atom is 0.142 e. The molecule has 8 nitrogen and oxygen atoms in total. The van der Waals surface area contributed by atoms with Gasteiger partial charge in [0.05, 0.1) is 24.3 Å². The van der Waals surface area contributed by atoms with E-state index in [9.17, 15) is 9.74 Å². The molecule has 4 aromatic carbocycles. The molecule has 2 aliphatic rings. The predicted octanol–water partition coefficient (Wildman–Crippen LogP) is 10.0. The maximum atomic E-state index is 13.8. The number of hydrogen-bond donors (Lipinski definition) is 2. The molecule has 1 saturated heterocycles. The molecule has 0 radical (unpaired) electrons. The van der Waals surface area contributed by atoms with Crippen LogP contribution < -0.4 is 19.2 Å². The van der Waals surface area contributed by atoms with Gasteiger partial charge < -0.3 is 23.9 Å². The van der Waals surface area contributed by atoms with Crippen molar-refractivity contribution in [1.82, 2.24) is 14.6 Å². The van der Waals surface area contributed by atoms with Crippen LogP contribution in [0.25, 0.3) is 22.4 Å².